The van der Waals surface area contributed by atoms with Crippen LogP contribution in [0.25, 0.3) is 0 Å². The van der Waals surface area contributed by atoms with Crippen molar-refractivity contribution in [2.45, 2.75) is 13.8 Å². The van der Waals surface area contributed by atoms with Crippen LogP contribution in [0.1, 0.15) is 11.5 Å². The molecule has 1 heterocycles. The largest absolute Gasteiger partial charge is 0.424 e. The highest BCUT2D eigenvalue weighted by Gasteiger charge is 2.01. The van der Waals surface area contributed by atoms with E-state index in [1.54, 1.807) is 13.8 Å². The van der Waals surface area contributed by atoms with Crippen LogP contribution in [0.3, 0.4) is 0 Å². The summed E-state index contributed by atoms with van der Waals surface area (Å²) in [5.74, 6) is 0.580. The Morgan fingerprint density at radius 2 is 2.10 bits per heavy atom. The molecule has 0 bridgehead atoms. The number of nitrogens with zero attached hydrogens (tertiary/aromatic N) is 1. The molecule has 0 unspecified atom stereocenters. The SMILES string of the molecule is Cc1oc(=O)c(C)nc1I. The predicted octanol–water partition coefficient (Wildman–Crippen LogP) is 1.26. The summed E-state index contributed by atoms with van der Waals surface area (Å²) in [6.45, 7) is 3.35. The van der Waals surface area contributed by atoms with Gasteiger partial charge in [-0.15, -0.1) is 0 Å². The van der Waals surface area contributed by atoms with E-state index in [0.717, 1.165) is 3.70 Å². The smallest absolute Gasteiger partial charge is 0.357 e. The molecule has 0 saturated carbocycles. The minimum absolute atomic E-state index is 0.349. The molecule has 0 aliphatic heterocycles. The lowest BCUT2D eigenvalue weighted by atomic mass is 10.5. The van der Waals surface area contributed by atoms with Gasteiger partial charge in [0.2, 0.25) is 0 Å². The van der Waals surface area contributed by atoms with Gasteiger partial charge in [0.05, 0.1) is 0 Å². The average Bonchev–Trinajstić information content (AvgIpc) is 1.84. The van der Waals surface area contributed by atoms with Gasteiger partial charge in [-0.05, 0) is 36.4 Å². The van der Waals surface area contributed by atoms with Crippen LogP contribution in [0.15, 0.2) is 9.21 Å². The number of hydrogen-bond acceptors (Lipinski definition) is 3. The second-order valence-electron chi connectivity index (χ2n) is 1.93. The number of halogens is 1. The summed E-state index contributed by atoms with van der Waals surface area (Å²) in [4.78, 5) is 14.7. The third-order valence-electron chi connectivity index (χ3n) is 1.10. The first-order chi connectivity index (χ1) is 4.61. The first kappa shape index (κ1) is 7.71. The summed E-state index contributed by atoms with van der Waals surface area (Å²) in [6.07, 6.45) is 0. The number of hydrogen-bond donors (Lipinski definition) is 0. The zero-order chi connectivity index (χ0) is 7.72. The quantitative estimate of drug-likeness (QED) is 0.652. The molecule has 4 heteroatoms. The van der Waals surface area contributed by atoms with Crippen LogP contribution in [0.4, 0.5) is 0 Å². The van der Waals surface area contributed by atoms with Gasteiger partial charge in [-0.2, -0.15) is 0 Å². The lowest BCUT2D eigenvalue weighted by Gasteiger charge is -1.94. The van der Waals surface area contributed by atoms with Crippen molar-refractivity contribution in [3.8, 4) is 0 Å². The minimum Gasteiger partial charge on any atom is -0.424 e. The Bertz CT molecular complexity index is 305. The number of aryl methyl sites for hydroxylation is 2. The minimum atomic E-state index is -0.349. The monoisotopic (exact) mass is 251 g/mol. The van der Waals surface area contributed by atoms with Gasteiger partial charge in [0, 0.05) is 0 Å². The Kier molecular flexibility index (Phi) is 2.08. The molecule has 1 aromatic heterocycles. The third-order valence-corrected chi connectivity index (χ3v) is 2.10. The summed E-state index contributed by atoms with van der Waals surface area (Å²) in [7, 11) is 0. The van der Waals surface area contributed by atoms with Crippen LogP contribution in [0.5, 0.6) is 0 Å². The summed E-state index contributed by atoms with van der Waals surface area (Å²) >= 11 is 2.02. The predicted molar refractivity (Wildman–Crippen MR) is 45.0 cm³/mol. The molecule has 0 fully saturated rings. The molecule has 1 rings (SSSR count). The standard InChI is InChI=1S/C6H6INO2/c1-3-6(9)10-4(2)5(7)8-3/h1-2H3. The molecule has 10 heavy (non-hydrogen) atoms. The van der Waals surface area contributed by atoms with Crippen molar-refractivity contribution in [3.63, 3.8) is 0 Å². The second-order valence-corrected chi connectivity index (χ2v) is 2.96. The van der Waals surface area contributed by atoms with Gasteiger partial charge in [0.1, 0.15) is 15.2 Å². The van der Waals surface area contributed by atoms with E-state index in [0.29, 0.717) is 11.5 Å². The third kappa shape index (κ3) is 1.36. The maximum absolute atomic E-state index is 10.8. The molecule has 0 aromatic carbocycles. The van der Waals surface area contributed by atoms with Crippen molar-refractivity contribution in [2.24, 2.45) is 0 Å². The molecule has 0 atom stereocenters. The van der Waals surface area contributed by atoms with E-state index < -0.39 is 0 Å². The molecular weight excluding hydrogens is 245 g/mol. The Hall–Kier alpha value is -0.390. The maximum Gasteiger partial charge on any atom is 0.357 e. The molecule has 0 aliphatic rings. The highest BCUT2D eigenvalue weighted by atomic mass is 127. The lowest BCUT2D eigenvalue weighted by Crippen LogP contribution is -2.08. The van der Waals surface area contributed by atoms with Crippen LogP contribution >= 0.6 is 22.6 Å². The summed E-state index contributed by atoms with van der Waals surface area (Å²) in [6, 6.07) is 0. The van der Waals surface area contributed by atoms with Gasteiger partial charge in [0.15, 0.2) is 0 Å². The van der Waals surface area contributed by atoms with E-state index in [2.05, 4.69) is 4.98 Å². The summed E-state index contributed by atoms with van der Waals surface area (Å²) in [5, 5.41) is 0. The van der Waals surface area contributed by atoms with E-state index in [4.69, 9.17) is 4.42 Å². The fraction of sp³-hybridized carbons (Fsp3) is 0.333. The first-order valence-electron chi connectivity index (χ1n) is 2.75. The highest BCUT2D eigenvalue weighted by Crippen LogP contribution is 2.04. The zero-order valence-corrected chi connectivity index (χ0v) is 7.80. The average molecular weight is 251 g/mol. The van der Waals surface area contributed by atoms with Gasteiger partial charge in [-0.25, -0.2) is 9.78 Å². The van der Waals surface area contributed by atoms with E-state index in [1.165, 1.54) is 0 Å². The Balaban J connectivity index is 3.43. The van der Waals surface area contributed by atoms with Crippen LogP contribution in [-0.4, -0.2) is 4.98 Å². The molecule has 0 amide bonds. The van der Waals surface area contributed by atoms with Crippen molar-refractivity contribution in [3.05, 3.63) is 25.6 Å². The zero-order valence-electron chi connectivity index (χ0n) is 5.64. The van der Waals surface area contributed by atoms with Crippen LogP contribution in [0.2, 0.25) is 0 Å². The van der Waals surface area contributed by atoms with Crippen LogP contribution in [-0.2, 0) is 0 Å². The molecule has 0 spiro atoms. The Labute approximate surface area is 71.6 Å². The topological polar surface area (TPSA) is 43.1 Å². The van der Waals surface area contributed by atoms with Crippen LogP contribution < -0.4 is 5.63 Å². The van der Waals surface area contributed by atoms with Crippen molar-refractivity contribution in [1.82, 2.24) is 4.98 Å². The van der Waals surface area contributed by atoms with Gasteiger partial charge in [0.25, 0.3) is 0 Å². The molecular formula is C6H6INO2. The Morgan fingerprint density at radius 3 is 2.60 bits per heavy atom. The van der Waals surface area contributed by atoms with Crippen molar-refractivity contribution >= 4 is 22.6 Å². The second kappa shape index (κ2) is 2.69. The van der Waals surface area contributed by atoms with Gasteiger partial charge in [-0.3, -0.25) is 0 Å². The molecule has 0 radical (unpaired) electrons. The Morgan fingerprint density at radius 1 is 1.50 bits per heavy atom. The molecule has 0 saturated heterocycles. The molecule has 3 nitrogen and oxygen atoms in total. The van der Waals surface area contributed by atoms with Gasteiger partial charge < -0.3 is 4.42 Å². The fourth-order valence-electron chi connectivity index (χ4n) is 0.527. The maximum atomic E-state index is 10.8. The highest BCUT2D eigenvalue weighted by molar-refractivity contribution is 14.1. The summed E-state index contributed by atoms with van der Waals surface area (Å²) < 4.78 is 5.56. The number of aromatic nitrogens is 1. The van der Waals surface area contributed by atoms with Crippen molar-refractivity contribution in [1.29, 1.82) is 0 Å². The van der Waals surface area contributed by atoms with E-state index in [-0.39, 0.29) is 5.63 Å². The van der Waals surface area contributed by atoms with E-state index >= 15 is 0 Å². The molecule has 54 valence electrons. The van der Waals surface area contributed by atoms with Crippen molar-refractivity contribution < 1.29 is 4.42 Å². The van der Waals surface area contributed by atoms with E-state index in [1.807, 2.05) is 22.6 Å². The lowest BCUT2D eigenvalue weighted by molar-refractivity contribution is 0.460. The van der Waals surface area contributed by atoms with Gasteiger partial charge >= 0.3 is 5.63 Å². The molecule has 0 aliphatic carbocycles. The molecule has 1 aromatic rings. The number of rotatable bonds is 0. The van der Waals surface area contributed by atoms with E-state index in [9.17, 15) is 4.79 Å². The van der Waals surface area contributed by atoms with Crippen molar-refractivity contribution in [2.75, 3.05) is 0 Å². The first-order valence-corrected chi connectivity index (χ1v) is 3.83. The fourth-order valence-corrected chi connectivity index (χ4v) is 0.999. The van der Waals surface area contributed by atoms with Crippen LogP contribution in [0, 0.1) is 17.5 Å². The molecule has 0 N–H and O–H groups in total. The van der Waals surface area contributed by atoms with Gasteiger partial charge in [-0.1, -0.05) is 0 Å². The summed E-state index contributed by atoms with van der Waals surface area (Å²) in [5.41, 5.74) is 0.0629. The normalized spacial score (nSPS) is 9.90.